The number of carbonyl (C=O) groups excluding carboxylic acids is 1. The zero-order chi connectivity index (χ0) is 12.0. The average Bonchev–Trinajstić information content (AvgIpc) is 2.31. The number of rotatable bonds is 5. The van der Waals surface area contributed by atoms with E-state index >= 15 is 0 Å². The number of anilines is 1. The Kier molecular flexibility index (Phi) is 4.69. The van der Waals surface area contributed by atoms with Gasteiger partial charge in [0.15, 0.2) is 0 Å². The number of nitrogens with one attached hydrogen (secondary N) is 1. The Bertz CT molecular complexity index is 324. The van der Waals surface area contributed by atoms with E-state index in [1.807, 2.05) is 20.8 Å². The lowest BCUT2D eigenvalue weighted by Crippen LogP contribution is -2.41. The summed E-state index contributed by atoms with van der Waals surface area (Å²) in [6, 6.07) is 1.43. The highest BCUT2D eigenvalue weighted by molar-refractivity contribution is 5.83. The van der Waals surface area contributed by atoms with Gasteiger partial charge in [-0.15, -0.1) is 0 Å². The van der Waals surface area contributed by atoms with Gasteiger partial charge in [0.2, 0.25) is 11.9 Å². The van der Waals surface area contributed by atoms with Gasteiger partial charge in [0.1, 0.15) is 6.04 Å². The minimum Gasteiger partial charge on any atom is -0.343 e. The van der Waals surface area contributed by atoms with Gasteiger partial charge in [-0.3, -0.25) is 4.79 Å². The summed E-state index contributed by atoms with van der Waals surface area (Å²) in [6.07, 6.45) is 3.29. The van der Waals surface area contributed by atoms with Crippen LogP contribution in [0.5, 0.6) is 0 Å². The van der Waals surface area contributed by atoms with Crippen LogP contribution < -0.4 is 5.32 Å². The van der Waals surface area contributed by atoms with E-state index in [-0.39, 0.29) is 11.9 Å². The predicted molar refractivity (Wildman–Crippen MR) is 63.0 cm³/mol. The first-order valence-corrected chi connectivity index (χ1v) is 5.51. The van der Waals surface area contributed by atoms with Crippen molar-refractivity contribution in [2.45, 2.75) is 26.8 Å². The van der Waals surface area contributed by atoms with Crippen molar-refractivity contribution >= 4 is 11.9 Å². The molecule has 1 heterocycles. The van der Waals surface area contributed by atoms with Gasteiger partial charge in [0, 0.05) is 25.5 Å². The van der Waals surface area contributed by atoms with Crippen molar-refractivity contribution in [1.82, 2.24) is 14.9 Å². The molecule has 0 aliphatic rings. The van der Waals surface area contributed by atoms with Crippen LogP contribution in [0, 0.1) is 0 Å². The standard InChI is InChI=1S/C11H18N4O/c1-4-15(5-2)10(16)9(3)14-11-12-7-6-8-13-11/h6-9H,4-5H2,1-3H3,(H,12,13,14). The van der Waals surface area contributed by atoms with Crippen LogP contribution in [-0.2, 0) is 4.79 Å². The van der Waals surface area contributed by atoms with E-state index in [1.165, 1.54) is 0 Å². The first-order chi connectivity index (χ1) is 7.69. The summed E-state index contributed by atoms with van der Waals surface area (Å²) in [7, 11) is 0. The smallest absolute Gasteiger partial charge is 0.244 e. The molecule has 5 heteroatoms. The van der Waals surface area contributed by atoms with E-state index in [1.54, 1.807) is 23.4 Å². The monoisotopic (exact) mass is 222 g/mol. The highest BCUT2D eigenvalue weighted by atomic mass is 16.2. The van der Waals surface area contributed by atoms with Gasteiger partial charge in [-0.1, -0.05) is 0 Å². The molecule has 0 aromatic carbocycles. The molecule has 0 aliphatic carbocycles. The van der Waals surface area contributed by atoms with Crippen molar-refractivity contribution < 1.29 is 4.79 Å². The third-order valence-electron chi connectivity index (χ3n) is 2.36. The van der Waals surface area contributed by atoms with Crippen molar-refractivity contribution in [3.63, 3.8) is 0 Å². The normalized spacial score (nSPS) is 11.9. The molecular formula is C11H18N4O. The van der Waals surface area contributed by atoms with Crippen LogP contribution in [0.4, 0.5) is 5.95 Å². The molecule has 1 amide bonds. The van der Waals surface area contributed by atoms with E-state index in [9.17, 15) is 4.79 Å². The molecule has 1 rings (SSSR count). The fourth-order valence-electron chi connectivity index (χ4n) is 1.44. The van der Waals surface area contributed by atoms with Crippen LogP contribution >= 0.6 is 0 Å². The summed E-state index contributed by atoms with van der Waals surface area (Å²) in [5, 5.41) is 2.98. The number of carbonyl (C=O) groups is 1. The highest BCUT2D eigenvalue weighted by Crippen LogP contribution is 2.01. The summed E-state index contributed by atoms with van der Waals surface area (Å²) in [5.74, 6) is 0.549. The fourth-order valence-corrected chi connectivity index (χ4v) is 1.44. The number of likely N-dealkylation sites (N-methyl/N-ethyl adjacent to an activating group) is 1. The third-order valence-corrected chi connectivity index (χ3v) is 2.36. The lowest BCUT2D eigenvalue weighted by Gasteiger charge is -2.23. The summed E-state index contributed by atoms with van der Waals surface area (Å²) < 4.78 is 0. The number of nitrogens with zero attached hydrogens (tertiary/aromatic N) is 3. The minimum absolute atomic E-state index is 0.0671. The van der Waals surface area contributed by atoms with Crippen LogP contribution in [0.15, 0.2) is 18.5 Å². The zero-order valence-electron chi connectivity index (χ0n) is 9.97. The van der Waals surface area contributed by atoms with Gasteiger partial charge in [0.05, 0.1) is 0 Å². The average molecular weight is 222 g/mol. The second-order valence-corrected chi connectivity index (χ2v) is 3.45. The Balaban J connectivity index is 2.58. The maximum atomic E-state index is 11.9. The molecule has 16 heavy (non-hydrogen) atoms. The van der Waals surface area contributed by atoms with Crippen LogP contribution in [0.25, 0.3) is 0 Å². The molecule has 0 aliphatic heterocycles. The van der Waals surface area contributed by atoms with E-state index in [4.69, 9.17) is 0 Å². The van der Waals surface area contributed by atoms with Gasteiger partial charge in [-0.2, -0.15) is 0 Å². The first-order valence-electron chi connectivity index (χ1n) is 5.51. The molecule has 0 saturated heterocycles. The Morgan fingerprint density at radius 2 is 1.94 bits per heavy atom. The summed E-state index contributed by atoms with van der Waals surface area (Å²) in [4.78, 5) is 21.7. The maximum Gasteiger partial charge on any atom is 0.244 e. The molecule has 0 saturated carbocycles. The van der Waals surface area contributed by atoms with Gasteiger partial charge in [-0.25, -0.2) is 9.97 Å². The summed E-state index contributed by atoms with van der Waals surface area (Å²) >= 11 is 0. The van der Waals surface area contributed by atoms with Crippen molar-refractivity contribution in [2.24, 2.45) is 0 Å². The molecule has 1 atom stereocenters. The van der Waals surface area contributed by atoms with Crippen LogP contribution in [-0.4, -0.2) is 39.9 Å². The second-order valence-electron chi connectivity index (χ2n) is 3.45. The molecule has 0 radical (unpaired) electrons. The van der Waals surface area contributed by atoms with E-state index in [2.05, 4.69) is 15.3 Å². The molecule has 1 N–H and O–H groups in total. The van der Waals surface area contributed by atoms with Gasteiger partial charge in [-0.05, 0) is 26.8 Å². The van der Waals surface area contributed by atoms with Crippen molar-refractivity contribution in [3.8, 4) is 0 Å². The van der Waals surface area contributed by atoms with E-state index < -0.39 is 0 Å². The Hall–Kier alpha value is -1.65. The van der Waals surface area contributed by atoms with Crippen LogP contribution in [0.3, 0.4) is 0 Å². The quantitative estimate of drug-likeness (QED) is 0.811. The second kappa shape index (κ2) is 6.05. The Morgan fingerprint density at radius 3 is 2.44 bits per heavy atom. The molecule has 0 bridgehead atoms. The molecule has 0 fully saturated rings. The lowest BCUT2D eigenvalue weighted by molar-refractivity contribution is -0.131. The highest BCUT2D eigenvalue weighted by Gasteiger charge is 2.18. The van der Waals surface area contributed by atoms with Gasteiger partial charge >= 0.3 is 0 Å². The van der Waals surface area contributed by atoms with Crippen LogP contribution in [0.1, 0.15) is 20.8 Å². The fraction of sp³-hybridized carbons (Fsp3) is 0.545. The van der Waals surface area contributed by atoms with E-state index in [0.717, 1.165) is 13.1 Å². The number of hydrogen-bond donors (Lipinski definition) is 1. The SMILES string of the molecule is CCN(CC)C(=O)C(C)Nc1ncccn1. The van der Waals surface area contributed by atoms with Crippen molar-refractivity contribution in [1.29, 1.82) is 0 Å². The molecule has 5 nitrogen and oxygen atoms in total. The topological polar surface area (TPSA) is 58.1 Å². The number of amides is 1. The molecule has 1 unspecified atom stereocenters. The van der Waals surface area contributed by atoms with Gasteiger partial charge < -0.3 is 10.2 Å². The molecular weight excluding hydrogens is 204 g/mol. The predicted octanol–water partition coefficient (Wildman–Crippen LogP) is 1.15. The molecule has 1 aromatic rings. The molecule has 0 spiro atoms. The number of aromatic nitrogens is 2. The minimum atomic E-state index is -0.303. The van der Waals surface area contributed by atoms with Crippen LogP contribution in [0.2, 0.25) is 0 Å². The molecule has 88 valence electrons. The van der Waals surface area contributed by atoms with Gasteiger partial charge in [0.25, 0.3) is 0 Å². The summed E-state index contributed by atoms with van der Waals surface area (Å²) in [6.45, 7) is 7.19. The third kappa shape index (κ3) is 3.18. The van der Waals surface area contributed by atoms with Crippen molar-refractivity contribution in [3.05, 3.63) is 18.5 Å². The largest absolute Gasteiger partial charge is 0.343 e. The Morgan fingerprint density at radius 1 is 1.38 bits per heavy atom. The summed E-state index contributed by atoms with van der Waals surface area (Å²) in [5.41, 5.74) is 0. The lowest BCUT2D eigenvalue weighted by atomic mass is 10.3. The zero-order valence-corrected chi connectivity index (χ0v) is 9.97. The first kappa shape index (κ1) is 12.4. The Labute approximate surface area is 95.9 Å². The number of hydrogen-bond acceptors (Lipinski definition) is 4. The van der Waals surface area contributed by atoms with E-state index in [0.29, 0.717) is 5.95 Å². The molecule has 1 aromatic heterocycles. The maximum absolute atomic E-state index is 11.9. The van der Waals surface area contributed by atoms with Crippen molar-refractivity contribution in [2.75, 3.05) is 18.4 Å².